The summed E-state index contributed by atoms with van der Waals surface area (Å²) in [5, 5.41) is 21.3. The van der Waals surface area contributed by atoms with Crippen LogP contribution in [0.3, 0.4) is 0 Å². The van der Waals surface area contributed by atoms with Gasteiger partial charge < -0.3 is 19.5 Å². The van der Waals surface area contributed by atoms with E-state index >= 15 is 0 Å². The highest BCUT2D eigenvalue weighted by molar-refractivity contribution is 5.88. The van der Waals surface area contributed by atoms with Crippen LogP contribution in [0.25, 0.3) is 0 Å². The summed E-state index contributed by atoms with van der Waals surface area (Å²) in [7, 11) is 0. The molecule has 2 aromatic rings. The lowest BCUT2D eigenvalue weighted by Gasteiger charge is -2.36. The van der Waals surface area contributed by atoms with Gasteiger partial charge in [-0.05, 0) is 38.0 Å². The SMILES string of the molecule is CC(C)n1cc(NC(=O)N2CC[C@@H](c3ccc4c(c3)OCO4)[C@H](O)C2)nn1. The number of aliphatic hydroxyl groups excluding tert-OH is 1. The van der Waals surface area contributed by atoms with Gasteiger partial charge in [0.25, 0.3) is 0 Å². The summed E-state index contributed by atoms with van der Waals surface area (Å²) < 4.78 is 12.4. The number of urea groups is 1. The van der Waals surface area contributed by atoms with Gasteiger partial charge in [0, 0.05) is 25.0 Å². The molecular weight excluding hydrogens is 350 g/mol. The fraction of sp³-hybridized carbons (Fsp3) is 0.500. The predicted octanol–water partition coefficient (Wildman–Crippen LogP) is 1.97. The molecule has 0 aliphatic carbocycles. The Bertz CT molecular complexity index is 837. The number of anilines is 1. The number of benzene rings is 1. The first kappa shape index (κ1) is 17.6. The summed E-state index contributed by atoms with van der Waals surface area (Å²) in [5.74, 6) is 1.78. The fourth-order valence-electron chi connectivity index (χ4n) is 3.42. The average molecular weight is 373 g/mol. The molecule has 0 bridgehead atoms. The van der Waals surface area contributed by atoms with E-state index in [-0.39, 0.29) is 31.3 Å². The largest absolute Gasteiger partial charge is 0.454 e. The number of rotatable bonds is 3. The maximum Gasteiger partial charge on any atom is 0.323 e. The summed E-state index contributed by atoms with van der Waals surface area (Å²) >= 11 is 0. The Balaban J connectivity index is 1.38. The zero-order chi connectivity index (χ0) is 19.0. The van der Waals surface area contributed by atoms with Crippen LogP contribution in [-0.2, 0) is 0 Å². The molecule has 1 aromatic heterocycles. The van der Waals surface area contributed by atoms with Gasteiger partial charge in [-0.3, -0.25) is 5.32 Å². The second-order valence-corrected chi connectivity index (χ2v) is 7.13. The number of piperidine rings is 1. The number of β-amino-alcohol motifs (C(OH)–C–C–N with tert-alkyl or cyclic N) is 1. The van der Waals surface area contributed by atoms with Crippen LogP contribution in [0.2, 0.25) is 0 Å². The van der Waals surface area contributed by atoms with Crippen molar-refractivity contribution in [2.24, 2.45) is 0 Å². The zero-order valence-electron chi connectivity index (χ0n) is 15.3. The van der Waals surface area contributed by atoms with Gasteiger partial charge in [-0.1, -0.05) is 11.3 Å². The van der Waals surface area contributed by atoms with E-state index < -0.39 is 6.10 Å². The number of aliphatic hydroxyl groups is 1. The van der Waals surface area contributed by atoms with Gasteiger partial charge in [-0.15, -0.1) is 5.10 Å². The van der Waals surface area contributed by atoms with Crippen molar-refractivity contribution in [3.05, 3.63) is 30.0 Å². The number of likely N-dealkylation sites (tertiary alicyclic amines) is 1. The molecule has 27 heavy (non-hydrogen) atoms. The summed E-state index contributed by atoms with van der Waals surface area (Å²) in [6.07, 6.45) is 1.70. The first-order valence-electron chi connectivity index (χ1n) is 9.06. The van der Waals surface area contributed by atoms with Crippen molar-refractivity contribution in [3.63, 3.8) is 0 Å². The molecule has 0 saturated carbocycles. The molecule has 2 atom stereocenters. The predicted molar refractivity (Wildman–Crippen MR) is 96.9 cm³/mol. The van der Waals surface area contributed by atoms with Gasteiger partial charge in [0.05, 0.1) is 12.3 Å². The van der Waals surface area contributed by atoms with Crippen molar-refractivity contribution in [3.8, 4) is 11.5 Å². The summed E-state index contributed by atoms with van der Waals surface area (Å²) in [6, 6.07) is 5.61. The Morgan fingerprint density at radius 3 is 2.89 bits per heavy atom. The van der Waals surface area contributed by atoms with E-state index in [1.165, 1.54) is 0 Å². The number of aromatic nitrogens is 3. The molecule has 1 fully saturated rings. The molecule has 2 aliphatic rings. The van der Waals surface area contributed by atoms with Crippen LogP contribution in [0.4, 0.5) is 10.6 Å². The minimum absolute atomic E-state index is 0.0506. The van der Waals surface area contributed by atoms with Gasteiger partial charge in [0.15, 0.2) is 17.3 Å². The van der Waals surface area contributed by atoms with Crippen LogP contribution in [0.15, 0.2) is 24.4 Å². The molecule has 4 rings (SSSR count). The Labute approximate surface area is 156 Å². The molecule has 3 heterocycles. The standard InChI is InChI=1S/C18H23N5O4/c1-11(2)23-9-17(20-21-23)19-18(25)22-6-5-13(14(24)8-22)12-3-4-15-16(7-12)27-10-26-15/h3-4,7,9,11,13-14,24H,5-6,8,10H2,1-2H3,(H,19,25)/t13-,14+/m0/s1. The maximum atomic E-state index is 12.5. The van der Waals surface area contributed by atoms with Gasteiger partial charge >= 0.3 is 6.03 Å². The topological polar surface area (TPSA) is 102 Å². The summed E-state index contributed by atoms with van der Waals surface area (Å²) in [6.45, 7) is 4.99. The van der Waals surface area contributed by atoms with Gasteiger partial charge in [-0.25, -0.2) is 9.48 Å². The normalized spacial score (nSPS) is 21.6. The minimum Gasteiger partial charge on any atom is -0.454 e. The van der Waals surface area contributed by atoms with Gasteiger partial charge in [0.2, 0.25) is 6.79 Å². The highest BCUT2D eigenvalue weighted by Gasteiger charge is 2.32. The van der Waals surface area contributed by atoms with E-state index in [2.05, 4.69) is 15.6 Å². The Kier molecular flexibility index (Phi) is 4.61. The van der Waals surface area contributed by atoms with Crippen LogP contribution in [0.5, 0.6) is 11.5 Å². The molecule has 144 valence electrons. The summed E-state index contributed by atoms with van der Waals surface area (Å²) in [5.41, 5.74) is 0.992. The van der Waals surface area contributed by atoms with Crippen molar-refractivity contribution >= 4 is 11.8 Å². The molecule has 2 amide bonds. The number of hydrogen-bond donors (Lipinski definition) is 2. The lowest BCUT2D eigenvalue weighted by Crippen LogP contribution is -2.47. The Morgan fingerprint density at radius 1 is 1.33 bits per heavy atom. The van der Waals surface area contributed by atoms with Crippen LogP contribution < -0.4 is 14.8 Å². The van der Waals surface area contributed by atoms with E-state index in [0.717, 1.165) is 11.3 Å². The first-order chi connectivity index (χ1) is 13.0. The molecule has 0 spiro atoms. The van der Waals surface area contributed by atoms with Crippen LogP contribution >= 0.6 is 0 Å². The highest BCUT2D eigenvalue weighted by Crippen LogP contribution is 2.37. The highest BCUT2D eigenvalue weighted by atomic mass is 16.7. The lowest BCUT2D eigenvalue weighted by atomic mass is 9.87. The minimum atomic E-state index is -0.656. The van der Waals surface area contributed by atoms with Crippen LogP contribution in [0.1, 0.15) is 37.8 Å². The molecular formula is C18H23N5O4. The molecule has 0 unspecified atom stereocenters. The third-order valence-electron chi connectivity index (χ3n) is 4.97. The van der Waals surface area contributed by atoms with Crippen molar-refractivity contribution in [1.82, 2.24) is 19.9 Å². The van der Waals surface area contributed by atoms with Crippen molar-refractivity contribution in [2.75, 3.05) is 25.2 Å². The van der Waals surface area contributed by atoms with E-state index in [1.807, 2.05) is 32.0 Å². The molecule has 9 nitrogen and oxygen atoms in total. The monoisotopic (exact) mass is 373 g/mol. The number of fused-ring (bicyclic) bond motifs is 1. The van der Waals surface area contributed by atoms with Crippen molar-refractivity contribution in [1.29, 1.82) is 0 Å². The third-order valence-corrected chi connectivity index (χ3v) is 4.97. The Hall–Kier alpha value is -2.81. The number of nitrogens with zero attached hydrogens (tertiary/aromatic N) is 4. The smallest absolute Gasteiger partial charge is 0.323 e. The van der Waals surface area contributed by atoms with E-state index in [1.54, 1.807) is 15.8 Å². The zero-order valence-corrected chi connectivity index (χ0v) is 15.3. The number of carbonyl (C=O) groups is 1. The number of nitrogens with one attached hydrogen (secondary N) is 1. The summed E-state index contributed by atoms with van der Waals surface area (Å²) in [4.78, 5) is 14.1. The molecule has 1 aromatic carbocycles. The fourth-order valence-corrected chi connectivity index (χ4v) is 3.42. The first-order valence-corrected chi connectivity index (χ1v) is 9.06. The number of ether oxygens (including phenoxy) is 2. The number of amides is 2. The molecule has 0 radical (unpaired) electrons. The quantitative estimate of drug-likeness (QED) is 0.853. The number of hydrogen-bond acceptors (Lipinski definition) is 6. The van der Waals surface area contributed by atoms with E-state index in [4.69, 9.17) is 9.47 Å². The molecule has 1 saturated heterocycles. The Morgan fingerprint density at radius 2 is 2.15 bits per heavy atom. The average Bonchev–Trinajstić information content (AvgIpc) is 3.30. The second kappa shape index (κ2) is 7.07. The maximum absolute atomic E-state index is 12.5. The van der Waals surface area contributed by atoms with E-state index in [0.29, 0.717) is 24.5 Å². The second-order valence-electron chi connectivity index (χ2n) is 7.13. The molecule has 9 heteroatoms. The van der Waals surface area contributed by atoms with E-state index in [9.17, 15) is 9.90 Å². The number of carbonyl (C=O) groups excluding carboxylic acids is 1. The molecule has 2 N–H and O–H groups in total. The molecule has 2 aliphatic heterocycles. The lowest BCUT2D eigenvalue weighted by molar-refractivity contribution is 0.0687. The van der Waals surface area contributed by atoms with Gasteiger partial charge in [-0.2, -0.15) is 0 Å². The van der Waals surface area contributed by atoms with Crippen LogP contribution in [-0.4, -0.2) is 57.0 Å². The van der Waals surface area contributed by atoms with Crippen molar-refractivity contribution < 1.29 is 19.4 Å². The third kappa shape index (κ3) is 3.55. The van der Waals surface area contributed by atoms with Crippen LogP contribution in [0, 0.1) is 0 Å². The van der Waals surface area contributed by atoms with Gasteiger partial charge in [0.1, 0.15) is 0 Å². The van der Waals surface area contributed by atoms with Crippen molar-refractivity contribution in [2.45, 2.75) is 38.3 Å².